The number of benzene rings is 3. The highest BCUT2D eigenvalue weighted by molar-refractivity contribution is 6.26. The minimum Gasteiger partial charge on any atom is -0.285 e. The molecule has 6 nitrogen and oxygen atoms in total. The Balaban J connectivity index is 1.43. The fourth-order valence-corrected chi connectivity index (χ4v) is 6.08. The summed E-state index contributed by atoms with van der Waals surface area (Å²) in [6, 6.07) is 10.0. The van der Waals surface area contributed by atoms with Crippen LogP contribution in [-0.4, -0.2) is 37.7 Å². The number of rotatable bonds is 4. The van der Waals surface area contributed by atoms with Crippen LogP contribution >= 0.6 is 0 Å². The number of allylic oxidation sites excluding steroid dienone is 4. The van der Waals surface area contributed by atoms with Crippen molar-refractivity contribution < 1.29 is 62.3 Å². The first-order valence-electron chi connectivity index (χ1n) is 16.0. The van der Waals surface area contributed by atoms with Gasteiger partial charge in [0.05, 0.1) is 39.5 Å². The van der Waals surface area contributed by atoms with E-state index in [0.29, 0.717) is 36.4 Å². The molecule has 0 saturated carbocycles. The minimum atomic E-state index is -4.75. The summed E-state index contributed by atoms with van der Waals surface area (Å²) in [5.74, 6) is -2.22. The molecule has 0 spiro atoms. The molecule has 2 aromatic heterocycles. The highest BCUT2D eigenvalue weighted by atomic mass is 19.4. The molecule has 7 rings (SSSR count). The molecule has 0 aliphatic heterocycles. The molecule has 0 atom stereocenters. The minimum absolute atomic E-state index is 0.0602. The molecule has 0 fully saturated rings. The van der Waals surface area contributed by atoms with Crippen LogP contribution in [0.3, 0.4) is 0 Å². The van der Waals surface area contributed by atoms with Gasteiger partial charge < -0.3 is 0 Å². The maximum absolute atomic E-state index is 14.1. The Morgan fingerprint density at radius 3 is 0.929 bits per heavy atom. The van der Waals surface area contributed by atoms with E-state index in [1.165, 1.54) is 0 Å². The van der Waals surface area contributed by atoms with Gasteiger partial charge in [-0.3, -0.25) is 9.59 Å². The lowest BCUT2D eigenvalue weighted by molar-refractivity contribution is -0.138. The number of carbonyl (C=O) groups excluding carboxylic acids is 2. The van der Waals surface area contributed by atoms with E-state index in [-0.39, 0.29) is 51.5 Å². The molecular weight excluding hydrogens is 772 g/mol. The Morgan fingerprint density at radius 1 is 0.357 bits per heavy atom. The molecule has 2 heterocycles. The smallest absolute Gasteiger partial charge is 0.285 e. The maximum atomic E-state index is 14.1. The average molecular weight is 791 g/mol. The van der Waals surface area contributed by atoms with E-state index >= 15 is 0 Å². The Hall–Kier alpha value is -6.20. The van der Waals surface area contributed by atoms with Crippen LogP contribution in [0.2, 0.25) is 0 Å². The monoisotopic (exact) mass is 790 g/mol. The average Bonchev–Trinajstić information content (AvgIpc) is 3.15. The molecule has 0 radical (unpaired) electrons. The summed E-state index contributed by atoms with van der Waals surface area (Å²) in [6.07, 6.45) is -18.0. The zero-order chi connectivity index (χ0) is 40.5. The number of halogens is 12. The Kier molecular flexibility index (Phi) is 9.00. The van der Waals surface area contributed by atoms with Crippen LogP contribution in [0.15, 0.2) is 90.5 Å². The number of aromatic nitrogens is 4. The van der Waals surface area contributed by atoms with Crippen LogP contribution < -0.4 is 0 Å². The standard InChI is InChI=1S/C38H18F12N4O2/c39-35(40,41)21-9-1-17(2-10-21)25-26(18-3-11-22(12-4-18)36(42,43)44)52-30-29(51-25)33(55)31-32(34(30)56)54-28(20-7-15-24(16-8-20)38(48,49)50)27(53-31)19-5-13-23(14-6-19)37(45,46)47/h1-7,9-15H,8,16H2. The van der Waals surface area contributed by atoms with Gasteiger partial charge in [-0.25, -0.2) is 19.9 Å². The van der Waals surface area contributed by atoms with Crippen molar-refractivity contribution in [2.75, 3.05) is 0 Å². The maximum Gasteiger partial charge on any atom is 0.416 e. The van der Waals surface area contributed by atoms with Crippen molar-refractivity contribution in [2.24, 2.45) is 0 Å². The van der Waals surface area contributed by atoms with Gasteiger partial charge in [0.25, 0.3) is 0 Å². The molecule has 286 valence electrons. The third-order valence-corrected chi connectivity index (χ3v) is 8.93. The van der Waals surface area contributed by atoms with Crippen molar-refractivity contribution in [3.05, 3.63) is 136 Å². The molecule has 0 unspecified atom stereocenters. The van der Waals surface area contributed by atoms with E-state index in [4.69, 9.17) is 0 Å². The molecule has 5 aromatic rings. The lowest BCUT2D eigenvalue weighted by atomic mass is 9.91. The van der Waals surface area contributed by atoms with E-state index in [2.05, 4.69) is 19.9 Å². The number of hydrogen-bond acceptors (Lipinski definition) is 6. The van der Waals surface area contributed by atoms with Crippen molar-refractivity contribution in [3.63, 3.8) is 0 Å². The van der Waals surface area contributed by atoms with Gasteiger partial charge in [0.1, 0.15) is 22.8 Å². The van der Waals surface area contributed by atoms with Crippen molar-refractivity contribution in [2.45, 2.75) is 37.5 Å². The van der Waals surface area contributed by atoms with Gasteiger partial charge in [0.2, 0.25) is 11.6 Å². The van der Waals surface area contributed by atoms with Crippen molar-refractivity contribution in [1.82, 2.24) is 19.9 Å². The third kappa shape index (κ3) is 7.06. The Bertz CT molecular complexity index is 2480. The highest BCUT2D eigenvalue weighted by Crippen LogP contribution is 2.41. The van der Waals surface area contributed by atoms with E-state index in [9.17, 15) is 62.3 Å². The van der Waals surface area contributed by atoms with Crippen LogP contribution in [0.4, 0.5) is 52.7 Å². The molecule has 2 aliphatic rings. The van der Waals surface area contributed by atoms with E-state index in [1.807, 2.05) is 0 Å². The van der Waals surface area contributed by atoms with Crippen LogP contribution in [0, 0.1) is 0 Å². The second-order valence-corrected chi connectivity index (χ2v) is 12.5. The van der Waals surface area contributed by atoms with Crippen LogP contribution in [0.5, 0.6) is 0 Å². The lowest BCUT2D eigenvalue weighted by Gasteiger charge is -2.22. The largest absolute Gasteiger partial charge is 0.416 e. The van der Waals surface area contributed by atoms with Gasteiger partial charge in [-0.1, -0.05) is 48.6 Å². The molecule has 0 saturated heterocycles. The number of hydrogen-bond donors (Lipinski definition) is 0. The summed E-state index contributed by atoms with van der Waals surface area (Å²) in [5.41, 5.74) is -8.02. The Labute approximate surface area is 306 Å². The molecule has 2 aliphatic carbocycles. The summed E-state index contributed by atoms with van der Waals surface area (Å²) < 4.78 is 161. The second kappa shape index (κ2) is 13.2. The number of nitrogens with zero attached hydrogens (tertiary/aromatic N) is 4. The van der Waals surface area contributed by atoms with E-state index in [0.717, 1.165) is 48.6 Å². The molecule has 0 bridgehead atoms. The van der Waals surface area contributed by atoms with Gasteiger partial charge in [0.15, 0.2) is 0 Å². The predicted octanol–water partition coefficient (Wildman–Crippen LogP) is 10.8. The fourth-order valence-electron chi connectivity index (χ4n) is 6.08. The summed E-state index contributed by atoms with van der Waals surface area (Å²) in [4.78, 5) is 45.4. The molecule has 18 heteroatoms. The number of alkyl halides is 12. The number of carbonyl (C=O) groups is 2. The molecule has 0 N–H and O–H groups in total. The van der Waals surface area contributed by atoms with Gasteiger partial charge in [-0.2, -0.15) is 52.7 Å². The lowest BCUT2D eigenvalue weighted by Crippen LogP contribution is -2.28. The summed E-state index contributed by atoms with van der Waals surface area (Å²) >= 11 is 0. The normalized spacial score (nSPS) is 14.9. The first-order valence-corrected chi connectivity index (χ1v) is 16.0. The van der Waals surface area contributed by atoms with Crippen molar-refractivity contribution in [1.29, 1.82) is 0 Å². The van der Waals surface area contributed by atoms with Crippen molar-refractivity contribution >= 4 is 17.1 Å². The predicted molar refractivity (Wildman–Crippen MR) is 174 cm³/mol. The number of fused-ring (bicyclic) bond motifs is 2. The SMILES string of the molecule is O=C1c2nc(C3=CC=C(C(F)(F)F)CC3)c(-c3ccc(C(F)(F)F)cc3)nc2C(=O)c2nc(-c3ccc(C(F)(F)F)cc3)c(-c3ccc(C(F)(F)F)cc3)nc21. The van der Waals surface area contributed by atoms with Crippen LogP contribution in [-0.2, 0) is 18.5 Å². The molecule has 0 amide bonds. The molecular formula is C38H18F12N4O2. The zero-order valence-electron chi connectivity index (χ0n) is 27.6. The first kappa shape index (κ1) is 38.1. The van der Waals surface area contributed by atoms with Crippen LogP contribution in [0.1, 0.15) is 67.6 Å². The summed E-state index contributed by atoms with van der Waals surface area (Å²) in [5, 5.41) is 0. The quantitative estimate of drug-likeness (QED) is 0.165. The highest BCUT2D eigenvalue weighted by Gasteiger charge is 2.40. The molecule has 56 heavy (non-hydrogen) atoms. The van der Waals surface area contributed by atoms with E-state index in [1.54, 1.807) is 0 Å². The summed E-state index contributed by atoms with van der Waals surface area (Å²) in [6.45, 7) is 0. The van der Waals surface area contributed by atoms with Gasteiger partial charge >= 0.3 is 24.7 Å². The topological polar surface area (TPSA) is 85.7 Å². The third-order valence-electron chi connectivity index (χ3n) is 8.93. The second-order valence-electron chi connectivity index (χ2n) is 12.5. The summed E-state index contributed by atoms with van der Waals surface area (Å²) in [7, 11) is 0. The van der Waals surface area contributed by atoms with Crippen molar-refractivity contribution in [3.8, 4) is 33.8 Å². The number of ketones is 2. The van der Waals surface area contributed by atoms with Gasteiger partial charge in [0, 0.05) is 22.3 Å². The van der Waals surface area contributed by atoms with Crippen LogP contribution in [0.25, 0.3) is 39.3 Å². The fraction of sp³-hybridized carbons (Fsp3) is 0.158. The van der Waals surface area contributed by atoms with Gasteiger partial charge in [-0.05, 0) is 54.8 Å². The molecule has 3 aromatic carbocycles. The zero-order valence-corrected chi connectivity index (χ0v) is 27.6. The first-order chi connectivity index (χ1) is 26.1. The van der Waals surface area contributed by atoms with E-state index < -0.39 is 87.7 Å². The van der Waals surface area contributed by atoms with Gasteiger partial charge in [-0.15, -0.1) is 0 Å². The Morgan fingerprint density at radius 2 is 0.661 bits per heavy atom.